The molecule has 4 nitrogen and oxygen atoms in total. The Labute approximate surface area is 252 Å². The Morgan fingerprint density at radius 3 is 1.93 bits per heavy atom. The summed E-state index contributed by atoms with van der Waals surface area (Å²) < 4.78 is 28.0. The van der Waals surface area contributed by atoms with Crippen molar-refractivity contribution in [3.63, 3.8) is 0 Å². The van der Waals surface area contributed by atoms with Crippen LogP contribution in [0.15, 0.2) is 109 Å². The van der Waals surface area contributed by atoms with Crippen LogP contribution in [0.25, 0.3) is 38.8 Å². The summed E-state index contributed by atoms with van der Waals surface area (Å²) in [5.74, 6) is -1.60. The number of nitrogens with zero attached hydrogens (tertiary/aromatic N) is 2. The Morgan fingerprint density at radius 1 is 0.756 bits per heavy atom. The van der Waals surface area contributed by atoms with Gasteiger partial charge in [0.2, 0.25) is 0 Å². The fraction of sp³-hybridized carbons (Fsp3) is 0.147. The van der Waals surface area contributed by atoms with Crippen LogP contribution in [0.3, 0.4) is 0 Å². The van der Waals surface area contributed by atoms with Gasteiger partial charge < -0.3 is 19.8 Å². The number of para-hydroxylation sites is 2. The van der Waals surface area contributed by atoms with Gasteiger partial charge in [-0.25, -0.2) is 0 Å². The number of hydrogen-bond acceptors (Lipinski definition) is 3. The fourth-order valence-electron chi connectivity index (χ4n) is 5.18. The summed E-state index contributed by atoms with van der Waals surface area (Å²) in [6.45, 7) is 3.45. The molecule has 0 spiro atoms. The molecule has 4 aromatic carbocycles. The van der Waals surface area contributed by atoms with E-state index in [1.807, 2.05) is 12.1 Å². The van der Waals surface area contributed by atoms with Gasteiger partial charge in [0, 0.05) is 61.3 Å². The molecule has 0 saturated carbocycles. The molecule has 0 aliphatic heterocycles. The van der Waals surface area contributed by atoms with Crippen molar-refractivity contribution in [2.75, 3.05) is 0 Å². The number of halogens is 2. The number of fused-ring (bicyclic) bond motifs is 3. The van der Waals surface area contributed by atoms with E-state index in [-0.39, 0.29) is 32.5 Å². The summed E-state index contributed by atoms with van der Waals surface area (Å²) in [4.78, 5) is 3.95. The minimum atomic E-state index is -0.649. The molecule has 0 radical (unpaired) electrons. The Hall–Kier alpha value is -3.70. The van der Waals surface area contributed by atoms with Crippen molar-refractivity contribution in [2.24, 2.45) is 0 Å². The number of aliphatic hydroxyl groups is 2. The molecule has 6 aromatic rings. The van der Waals surface area contributed by atoms with E-state index in [0.29, 0.717) is 5.69 Å². The van der Waals surface area contributed by atoms with Crippen molar-refractivity contribution < 1.29 is 40.1 Å². The zero-order valence-corrected chi connectivity index (χ0v) is 24.8. The number of pyridine rings is 1. The van der Waals surface area contributed by atoms with Crippen LogP contribution in [-0.2, 0) is 21.1 Å². The van der Waals surface area contributed by atoms with Crippen LogP contribution in [0.5, 0.6) is 0 Å². The van der Waals surface area contributed by atoms with Crippen LogP contribution in [0, 0.1) is 17.7 Å². The van der Waals surface area contributed by atoms with E-state index in [2.05, 4.69) is 76.3 Å². The zero-order chi connectivity index (χ0) is 28.2. The minimum absolute atomic E-state index is 0. The fourth-order valence-corrected chi connectivity index (χ4v) is 5.18. The largest absolute Gasteiger partial charge is 0.393 e. The van der Waals surface area contributed by atoms with Crippen LogP contribution in [-0.4, -0.2) is 32.0 Å². The first-order valence-electron chi connectivity index (χ1n) is 13.1. The first-order chi connectivity index (χ1) is 19.3. The number of rotatable bonds is 5. The number of hydrogen-bond donors (Lipinski definition) is 2. The smallest absolute Gasteiger partial charge is 0.0605 e. The van der Waals surface area contributed by atoms with E-state index in [4.69, 9.17) is 0 Å². The third kappa shape index (κ3) is 6.46. The second-order valence-electron chi connectivity index (χ2n) is 9.73. The Kier molecular flexibility index (Phi) is 9.82. The molecule has 2 heterocycles. The summed E-state index contributed by atoms with van der Waals surface area (Å²) >= 11 is 0. The molecule has 2 N–H and O–H groups in total. The first-order valence-corrected chi connectivity index (χ1v) is 13.1. The molecule has 2 aromatic heterocycles. The summed E-state index contributed by atoms with van der Waals surface area (Å²) in [5.41, 5.74) is 4.91. The molecule has 0 fully saturated rings. The molecule has 212 valence electrons. The van der Waals surface area contributed by atoms with Gasteiger partial charge in [0.15, 0.2) is 0 Å². The molecule has 2 atom stereocenters. The van der Waals surface area contributed by atoms with E-state index in [9.17, 15) is 19.0 Å². The van der Waals surface area contributed by atoms with Gasteiger partial charge in [0.25, 0.3) is 0 Å². The van der Waals surface area contributed by atoms with Crippen molar-refractivity contribution >= 4 is 21.8 Å². The zero-order valence-electron chi connectivity index (χ0n) is 22.5. The quantitative estimate of drug-likeness (QED) is 0.181. The summed E-state index contributed by atoms with van der Waals surface area (Å²) in [6, 6.07) is 34.4. The van der Waals surface area contributed by atoms with E-state index < -0.39 is 23.8 Å². The van der Waals surface area contributed by atoms with Crippen molar-refractivity contribution in [3.8, 4) is 16.9 Å². The second-order valence-corrected chi connectivity index (χ2v) is 9.73. The maximum Gasteiger partial charge on any atom is 0.0605 e. The van der Waals surface area contributed by atoms with Crippen LogP contribution in [0.2, 0.25) is 0 Å². The minimum Gasteiger partial charge on any atom is -0.393 e. The molecule has 2 unspecified atom stereocenters. The Bertz CT molecular complexity index is 1690. The first kappa shape index (κ1) is 30.3. The van der Waals surface area contributed by atoms with E-state index in [1.54, 1.807) is 38.2 Å². The molecule has 0 saturated heterocycles. The van der Waals surface area contributed by atoms with Gasteiger partial charge in [-0.15, -0.1) is 12.1 Å². The van der Waals surface area contributed by atoms with Gasteiger partial charge >= 0.3 is 0 Å². The molecule has 6 rings (SSSR count). The molecule has 0 aliphatic rings. The summed E-state index contributed by atoms with van der Waals surface area (Å²) in [6.07, 6.45) is 0.304. The average molecular weight is 731 g/mol. The van der Waals surface area contributed by atoms with Gasteiger partial charge in [-0.3, -0.25) is 8.78 Å². The maximum absolute atomic E-state index is 13.2. The molecule has 0 bridgehead atoms. The predicted molar refractivity (Wildman–Crippen MR) is 155 cm³/mol. The summed E-state index contributed by atoms with van der Waals surface area (Å²) in [7, 11) is 0. The second kappa shape index (κ2) is 13.3. The Balaban J connectivity index is 0.000000219. The molecule has 7 heteroatoms. The number of benzene rings is 4. The van der Waals surface area contributed by atoms with Gasteiger partial charge in [0.05, 0.1) is 23.2 Å². The predicted octanol–water partition coefficient (Wildman–Crippen LogP) is 7.45. The van der Waals surface area contributed by atoms with Crippen LogP contribution in [0.1, 0.15) is 25.3 Å². The standard InChI is InChI=1S/C23H23NO2.C11H6F2N.Pt/c1-15(25)23(16(2)26)17-8-7-9-18(14-17)24-21-12-5-3-10-19(21)20-11-4-6-13-22(20)24;12-8-4-5-9(10(13)7-8)11-3-1-2-6-14-11;/h3-16,23,25-26H,1-2H3;1-4,6-7H;/q;-1;. The van der Waals surface area contributed by atoms with Gasteiger partial charge in [-0.05, 0) is 55.4 Å². The molecule has 0 aliphatic carbocycles. The third-order valence-corrected chi connectivity index (χ3v) is 6.91. The van der Waals surface area contributed by atoms with Crippen LogP contribution >= 0.6 is 0 Å². The van der Waals surface area contributed by atoms with E-state index in [0.717, 1.165) is 34.4 Å². The third-order valence-electron chi connectivity index (χ3n) is 6.91. The van der Waals surface area contributed by atoms with Crippen LogP contribution < -0.4 is 0 Å². The van der Waals surface area contributed by atoms with Gasteiger partial charge in [-0.2, -0.15) is 0 Å². The normalized spacial score (nSPS) is 13.1. The SMILES string of the molecule is CC(O)C(c1cccc(-n2c3ccccc3c3ccccc32)c1)C(C)O.Fc1c[c-]c(-c2ccccn2)c(F)c1.[Pt]. The Morgan fingerprint density at radius 2 is 1.37 bits per heavy atom. The van der Waals surface area contributed by atoms with Crippen molar-refractivity contribution in [1.82, 2.24) is 9.55 Å². The van der Waals surface area contributed by atoms with Gasteiger partial charge in [-0.1, -0.05) is 72.3 Å². The number of aromatic nitrogens is 2. The summed E-state index contributed by atoms with van der Waals surface area (Å²) in [5, 5.41) is 22.7. The molecule has 41 heavy (non-hydrogen) atoms. The average Bonchev–Trinajstić information content (AvgIpc) is 3.28. The monoisotopic (exact) mass is 730 g/mol. The number of aliphatic hydroxyl groups excluding tert-OH is 2. The van der Waals surface area contributed by atoms with Crippen molar-refractivity contribution in [3.05, 3.63) is 133 Å². The van der Waals surface area contributed by atoms with E-state index in [1.165, 1.54) is 10.8 Å². The van der Waals surface area contributed by atoms with Gasteiger partial charge in [0.1, 0.15) is 0 Å². The van der Waals surface area contributed by atoms with E-state index >= 15 is 0 Å². The molecule has 0 amide bonds. The van der Waals surface area contributed by atoms with Crippen molar-refractivity contribution in [2.45, 2.75) is 32.0 Å². The molecular formula is C34H29F2N2O2Pt-. The van der Waals surface area contributed by atoms with Crippen molar-refractivity contribution in [1.29, 1.82) is 0 Å². The maximum atomic E-state index is 13.2. The van der Waals surface area contributed by atoms with Crippen LogP contribution in [0.4, 0.5) is 8.78 Å². The topological polar surface area (TPSA) is 58.3 Å². The molecular weight excluding hydrogens is 701 g/mol.